The lowest BCUT2D eigenvalue weighted by atomic mass is 9.89. The van der Waals surface area contributed by atoms with E-state index in [4.69, 9.17) is 4.74 Å². The van der Waals surface area contributed by atoms with Crippen LogP contribution in [0.25, 0.3) is 0 Å². The van der Waals surface area contributed by atoms with Gasteiger partial charge in [-0.2, -0.15) is 0 Å². The van der Waals surface area contributed by atoms with Crippen LogP contribution in [0, 0.1) is 15.5 Å². The normalized spacial score (nSPS) is 17.3. The number of nitro benzene ring substituents is 1. The molecule has 5 heteroatoms. The van der Waals surface area contributed by atoms with Crippen molar-refractivity contribution in [3.8, 4) is 5.75 Å². The fourth-order valence-corrected chi connectivity index (χ4v) is 2.90. The molecule has 1 fully saturated rings. The van der Waals surface area contributed by atoms with E-state index in [0.717, 1.165) is 43.5 Å². The van der Waals surface area contributed by atoms with Crippen LogP contribution >= 0.6 is 0 Å². The van der Waals surface area contributed by atoms with Crippen molar-refractivity contribution in [2.45, 2.75) is 45.6 Å². The summed E-state index contributed by atoms with van der Waals surface area (Å²) in [5, 5.41) is 14.5. The van der Waals surface area contributed by atoms with Crippen LogP contribution in [0.15, 0.2) is 18.2 Å². The third kappa shape index (κ3) is 3.53. The molecule has 0 amide bonds. The third-order valence-electron chi connectivity index (χ3n) is 4.53. The molecule has 0 spiro atoms. The molecule has 1 N–H and O–H groups in total. The van der Waals surface area contributed by atoms with Crippen molar-refractivity contribution >= 4 is 5.69 Å². The van der Waals surface area contributed by atoms with Gasteiger partial charge >= 0.3 is 0 Å². The standard InChI is InChI=1S/C16H24N2O3/c1-4-9-17-12(2)16(7-8-16)11-13-10-14(18(19)20)5-6-15(13)21-3/h5-6,10,12,17H,4,7-9,11H2,1-3H3. The van der Waals surface area contributed by atoms with Gasteiger partial charge in [0, 0.05) is 23.7 Å². The summed E-state index contributed by atoms with van der Waals surface area (Å²) in [5.41, 5.74) is 1.29. The van der Waals surface area contributed by atoms with Gasteiger partial charge in [0.25, 0.3) is 5.69 Å². The van der Waals surface area contributed by atoms with Gasteiger partial charge in [-0.05, 0) is 50.6 Å². The van der Waals surface area contributed by atoms with Crippen molar-refractivity contribution in [1.29, 1.82) is 0 Å². The largest absolute Gasteiger partial charge is 0.496 e. The summed E-state index contributed by atoms with van der Waals surface area (Å²) in [6.07, 6.45) is 4.27. The van der Waals surface area contributed by atoms with E-state index in [1.54, 1.807) is 19.2 Å². The maximum Gasteiger partial charge on any atom is 0.269 e. The molecule has 0 radical (unpaired) electrons. The van der Waals surface area contributed by atoms with Crippen LogP contribution in [0.2, 0.25) is 0 Å². The molecule has 2 rings (SSSR count). The lowest BCUT2D eigenvalue weighted by Crippen LogP contribution is -2.36. The third-order valence-corrected chi connectivity index (χ3v) is 4.53. The minimum Gasteiger partial charge on any atom is -0.496 e. The first-order valence-corrected chi connectivity index (χ1v) is 7.57. The molecule has 1 unspecified atom stereocenters. The van der Waals surface area contributed by atoms with Gasteiger partial charge in [0.1, 0.15) is 5.75 Å². The molecule has 21 heavy (non-hydrogen) atoms. The fourth-order valence-electron chi connectivity index (χ4n) is 2.90. The number of nitrogens with zero attached hydrogens (tertiary/aromatic N) is 1. The molecule has 1 aliphatic rings. The molecule has 116 valence electrons. The topological polar surface area (TPSA) is 64.4 Å². The molecule has 1 aliphatic carbocycles. The summed E-state index contributed by atoms with van der Waals surface area (Å²) in [5.74, 6) is 0.745. The molecule has 1 aromatic carbocycles. The molecule has 0 heterocycles. The first-order valence-electron chi connectivity index (χ1n) is 7.57. The van der Waals surface area contributed by atoms with Crippen LogP contribution in [0.1, 0.15) is 38.7 Å². The highest BCUT2D eigenvalue weighted by molar-refractivity contribution is 5.44. The molecule has 0 saturated heterocycles. The first-order chi connectivity index (χ1) is 10.0. The zero-order chi connectivity index (χ0) is 15.5. The van der Waals surface area contributed by atoms with Gasteiger partial charge in [0.15, 0.2) is 0 Å². The van der Waals surface area contributed by atoms with E-state index in [9.17, 15) is 10.1 Å². The van der Waals surface area contributed by atoms with Gasteiger partial charge in [0.05, 0.1) is 12.0 Å². The van der Waals surface area contributed by atoms with Crippen molar-refractivity contribution in [3.63, 3.8) is 0 Å². The average Bonchev–Trinajstić information content (AvgIpc) is 3.25. The number of nitrogens with one attached hydrogen (secondary N) is 1. The highest BCUT2D eigenvalue weighted by atomic mass is 16.6. The van der Waals surface area contributed by atoms with Crippen LogP contribution in [-0.4, -0.2) is 24.6 Å². The van der Waals surface area contributed by atoms with Crippen LogP contribution in [0.5, 0.6) is 5.75 Å². The number of hydrogen-bond donors (Lipinski definition) is 1. The van der Waals surface area contributed by atoms with Crippen molar-refractivity contribution in [2.75, 3.05) is 13.7 Å². The Labute approximate surface area is 125 Å². The number of nitro groups is 1. The first kappa shape index (κ1) is 15.8. The van der Waals surface area contributed by atoms with Crippen molar-refractivity contribution in [2.24, 2.45) is 5.41 Å². The molecule has 1 saturated carbocycles. The Balaban J connectivity index is 2.18. The van der Waals surface area contributed by atoms with Crippen LogP contribution in [0.3, 0.4) is 0 Å². The van der Waals surface area contributed by atoms with Crippen molar-refractivity contribution < 1.29 is 9.66 Å². The van der Waals surface area contributed by atoms with E-state index in [-0.39, 0.29) is 16.0 Å². The number of hydrogen-bond acceptors (Lipinski definition) is 4. The lowest BCUT2D eigenvalue weighted by Gasteiger charge is -2.25. The Morgan fingerprint density at radius 3 is 2.71 bits per heavy atom. The Bertz CT molecular complexity index is 512. The van der Waals surface area contributed by atoms with Gasteiger partial charge < -0.3 is 10.1 Å². The minimum absolute atomic E-state index is 0.135. The highest BCUT2D eigenvalue weighted by Gasteiger charge is 2.47. The van der Waals surface area contributed by atoms with Crippen LogP contribution < -0.4 is 10.1 Å². The van der Waals surface area contributed by atoms with E-state index < -0.39 is 0 Å². The molecule has 0 aliphatic heterocycles. The lowest BCUT2D eigenvalue weighted by molar-refractivity contribution is -0.384. The summed E-state index contributed by atoms with van der Waals surface area (Å²) in [7, 11) is 1.61. The van der Waals surface area contributed by atoms with Gasteiger partial charge in [-0.25, -0.2) is 0 Å². The van der Waals surface area contributed by atoms with Gasteiger partial charge in [-0.15, -0.1) is 0 Å². The maximum atomic E-state index is 11.0. The second kappa shape index (κ2) is 6.43. The van der Waals surface area contributed by atoms with Crippen LogP contribution in [-0.2, 0) is 6.42 Å². The zero-order valence-corrected chi connectivity index (χ0v) is 13.0. The second-order valence-corrected chi connectivity index (χ2v) is 5.97. The number of non-ortho nitro benzene ring substituents is 1. The van der Waals surface area contributed by atoms with E-state index >= 15 is 0 Å². The monoisotopic (exact) mass is 292 g/mol. The average molecular weight is 292 g/mol. The fraction of sp³-hybridized carbons (Fsp3) is 0.625. The molecule has 0 aromatic heterocycles. The molecule has 1 aromatic rings. The number of methoxy groups -OCH3 is 1. The quantitative estimate of drug-likeness (QED) is 0.589. The van der Waals surface area contributed by atoms with Gasteiger partial charge in [-0.1, -0.05) is 6.92 Å². The molecule has 5 nitrogen and oxygen atoms in total. The van der Waals surface area contributed by atoms with Gasteiger partial charge in [0.2, 0.25) is 0 Å². The number of rotatable bonds is 8. The van der Waals surface area contributed by atoms with E-state index in [2.05, 4.69) is 19.2 Å². The Morgan fingerprint density at radius 1 is 1.48 bits per heavy atom. The number of ether oxygens (including phenoxy) is 1. The second-order valence-electron chi connectivity index (χ2n) is 5.97. The Morgan fingerprint density at radius 2 is 2.19 bits per heavy atom. The molecule has 0 bridgehead atoms. The predicted octanol–water partition coefficient (Wildman–Crippen LogP) is 3.31. The predicted molar refractivity (Wildman–Crippen MR) is 82.8 cm³/mol. The molecular weight excluding hydrogens is 268 g/mol. The Kier molecular flexibility index (Phi) is 4.83. The van der Waals surface area contributed by atoms with Crippen LogP contribution in [0.4, 0.5) is 5.69 Å². The summed E-state index contributed by atoms with van der Waals surface area (Å²) in [6, 6.07) is 5.28. The van der Waals surface area contributed by atoms with E-state index in [1.165, 1.54) is 6.07 Å². The zero-order valence-electron chi connectivity index (χ0n) is 13.0. The van der Waals surface area contributed by atoms with Crippen molar-refractivity contribution in [3.05, 3.63) is 33.9 Å². The summed E-state index contributed by atoms with van der Waals surface area (Å²) in [4.78, 5) is 10.6. The maximum absolute atomic E-state index is 11.0. The SMILES string of the molecule is CCCNC(C)C1(Cc2cc([N+](=O)[O-])ccc2OC)CC1. The van der Waals surface area contributed by atoms with E-state index in [1.807, 2.05) is 0 Å². The Hall–Kier alpha value is -1.62. The van der Waals surface area contributed by atoms with Gasteiger partial charge in [-0.3, -0.25) is 10.1 Å². The molecule has 1 atom stereocenters. The smallest absolute Gasteiger partial charge is 0.269 e. The molecular formula is C16H24N2O3. The minimum atomic E-state index is -0.346. The van der Waals surface area contributed by atoms with Crippen molar-refractivity contribution in [1.82, 2.24) is 5.32 Å². The summed E-state index contributed by atoms with van der Waals surface area (Å²) in [6.45, 7) is 5.38. The summed E-state index contributed by atoms with van der Waals surface area (Å²) < 4.78 is 5.37. The summed E-state index contributed by atoms with van der Waals surface area (Å²) >= 11 is 0. The number of benzene rings is 1. The van der Waals surface area contributed by atoms with E-state index in [0.29, 0.717) is 6.04 Å². The highest BCUT2D eigenvalue weighted by Crippen LogP contribution is 2.52.